The van der Waals surface area contributed by atoms with Gasteiger partial charge >= 0.3 is 0 Å². The normalized spacial score (nSPS) is 12.0. The van der Waals surface area contributed by atoms with Crippen molar-refractivity contribution in [2.45, 2.75) is 40.0 Å². The molecular weight excluding hydrogens is 284 g/mol. The molecule has 0 aromatic heterocycles. The van der Waals surface area contributed by atoms with Gasteiger partial charge in [-0.3, -0.25) is 5.41 Å². The van der Waals surface area contributed by atoms with Crippen LogP contribution in [0, 0.1) is 33.1 Å². The Hall–Kier alpha value is -2.13. The molecule has 2 aromatic carbocycles. The summed E-state index contributed by atoms with van der Waals surface area (Å²) in [6.07, 6.45) is 0.754. The Balaban J connectivity index is 2.37. The molecule has 2 rings (SSSR count). The van der Waals surface area contributed by atoms with E-state index in [0.717, 1.165) is 12.0 Å². The van der Waals surface area contributed by atoms with Gasteiger partial charge < -0.3 is 4.84 Å². The van der Waals surface area contributed by atoms with E-state index in [1.165, 1.54) is 27.8 Å². The number of rotatable bonds is 5. The van der Waals surface area contributed by atoms with E-state index < -0.39 is 0 Å². The molecule has 0 amide bonds. The average Bonchev–Trinajstić information content (AvgIpc) is 2.47. The van der Waals surface area contributed by atoms with E-state index in [1.54, 1.807) is 7.05 Å². The van der Waals surface area contributed by atoms with Gasteiger partial charge in [-0.15, -0.1) is 0 Å². The van der Waals surface area contributed by atoms with Gasteiger partial charge in [-0.25, -0.2) is 0 Å². The maximum Gasteiger partial charge on any atom is 0.214 e. The zero-order valence-electron chi connectivity index (χ0n) is 14.7. The highest BCUT2D eigenvalue weighted by Crippen LogP contribution is 2.25. The van der Waals surface area contributed by atoms with E-state index in [1.807, 2.05) is 0 Å². The number of benzene rings is 2. The number of aryl methyl sites for hydroxylation is 4. The van der Waals surface area contributed by atoms with E-state index in [-0.39, 0.29) is 11.8 Å². The van der Waals surface area contributed by atoms with Gasteiger partial charge in [0.2, 0.25) is 5.90 Å². The third-order valence-corrected chi connectivity index (χ3v) is 4.19. The minimum atomic E-state index is -0.0943. The molecule has 1 atom stereocenters. The zero-order valence-corrected chi connectivity index (χ0v) is 14.7. The lowest BCUT2D eigenvalue weighted by Crippen LogP contribution is -2.23. The number of hydrogen-bond acceptors (Lipinski definition) is 3. The van der Waals surface area contributed by atoms with Crippen LogP contribution in [0.15, 0.2) is 36.4 Å². The third kappa shape index (κ3) is 4.42. The van der Waals surface area contributed by atoms with Crippen molar-refractivity contribution in [2.75, 3.05) is 7.05 Å². The third-order valence-electron chi connectivity index (χ3n) is 4.19. The largest absolute Gasteiger partial charge is 0.393 e. The van der Waals surface area contributed by atoms with Crippen LogP contribution in [0.3, 0.4) is 0 Å². The predicted octanol–water partition coefficient (Wildman–Crippen LogP) is 4.37. The Labute approximate surface area is 139 Å². The van der Waals surface area contributed by atoms with E-state index in [9.17, 15) is 0 Å². The van der Waals surface area contributed by atoms with E-state index in [0.29, 0.717) is 0 Å². The molecule has 0 saturated heterocycles. The Morgan fingerprint density at radius 3 is 2.22 bits per heavy atom. The van der Waals surface area contributed by atoms with Crippen molar-refractivity contribution in [3.8, 4) is 0 Å². The number of hydrogen-bond donors (Lipinski definition) is 2. The Morgan fingerprint density at radius 1 is 1.00 bits per heavy atom. The molecule has 0 radical (unpaired) electrons. The van der Waals surface area contributed by atoms with Crippen molar-refractivity contribution in [3.05, 3.63) is 69.8 Å². The van der Waals surface area contributed by atoms with Crippen LogP contribution in [0.1, 0.15) is 39.3 Å². The lowest BCUT2D eigenvalue weighted by atomic mass is 9.89. The summed E-state index contributed by atoms with van der Waals surface area (Å²) in [4.78, 5) is 5.30. The fourth-order valence-corrected chi connectivity index (χ4v) is 2.92. The van der Waals surface area contributed by atoms with Crippen molar-refractivity contribution in [1.82, 2.24) is 5.48 Å². The summed E-state index contributed by atoms with van der Waals surface area (Å²) in [7, 11) is 1.68. The minimum absolute atomic E-state index is 0.0943. The van der Waals surface area contributed by atoms with Gasteiger partial charge in [-0.1, -0.05) is 47.5 Å². The van der Waals surface area contributed by atoms with Gasteiger partial charge in [0, 0.05) is 7.05 Å². The molecule has 0 aliphatic rings. The van der Waals surface area contributed by atoms with Crippen LogP contribution >= 0.6 is 0 Å². The van der Waals surface area contributed by atoms with Crippen molar-refractivity contribution in [2.24, 2.45) is 0 Å². The number of nitrogens with one attached hydrogen (secondary N) is 2. The van der Waals surface area contributed by atoms with Crippen LogP contribution in [0.4, 0.5) is 0 Å². The molecule has 3 heteroatoms. The van der Waals surface area contributed by atoms with Gasteiger partial charge in [0.15, 0.2) is 0 Å². The quantitative estimate of drug-likeness (QED) is 0.489. The highest BCUT2D eigenvalue weighted by atomic mass is 16.6. The summed E-state index contributed by atoms with van der Waals surface area (Å²) in [5.41, 5.74) is 9.97. The fraction of sp³-hybridized carbons (Fsp3) is 0.350. The molecule has 0 aliphatic heterocycles. The molecule has 0 spiro atoms. The minimum Gasteiger partial charge on any atom is -0.393 e. The Bertz CT molecular complexity index is 687. The maximum atomic E-state index is 8.28. The summed E-state index contributed by atoms with van der Waals surface area (Å²) in [5.74, 6) is 0.152. The van der Waals surface area contributed by atoms with Crippen LogP contribution < -0.4 is 5.48 Å². The first-order chi connectivity index (χ1) is 10.9. The predicted molar refractivity (Wildman–Crippen MR) is 96.1 cm³/mol. The smallest absolute Gasteiger partial charge is 0.214 e. The average molecular weight is 310 g/mol. The molecule has 0 fully saturated rings. The van der Waals surface area contributed by atoms with Crippen molar-refractivity contribution >= 4 is 5.90 Å². The van der Waals surface area contributed by atoms with Crippen molar-refractivity contribution < 1.29 is 4.84 Å². The molecule has 0 saturated carbocycles. The first kappa shape index (κ1) is 17.2. The highest BCUT2D eigenvalue weighted by molar-refractivity contribution is 5.81. The van der Waals surface area contributed by atoms with E-state index >= 15 is 0 Å². The van der Waals surface area contributed by atoms with Crippen molar-refractivity contribution in [3.63, 3.8) is 0 Å². The Morgan fingerprint density at radius 2 is 1.65 bits per heavy atom. The van der Waals surface area contributed by atoms with Crippen LogP contribution in [-0.2, 0) is 11.3 Å². The molecule has 1 unspecified atom stereocenters. The van der Waals surface area contributed by atoms with Gasteiger partial charge in [0.05, 0.1) is 5.92 Å². The molecule has 0 bridgehead atoms. The molecule has 23 heavy (non-hydrogen) atoms. The second-order valence-electron chi connectivity index (χ2n) is 6.27. The molecule has 2 aromatic rings. The molecular formula is C20H26N2O. The van der Waals surface area contributed by atoms with Gasteiger partial charge in [-0.05, 0) is 56.4 Å². The summed E-state index contributed by atoms with van der Waals surface area (Å²) < 4.78 is 0. The van der Waals surface area contributed by atoms with E-state index in [2.05, 4.69) is 69.6 Å². The highest BCUT2D eigenvalue weighted by Gasteiger charge is 2.20. The zero-order chi connectivity index (χ0) is 17.0. The first-order valence-corrected chi connectivity index (χ1v) is 7.97. The molecule has 3 nitrogen and oxygen atoms in total. The van der Waals surface area contributed by atoms with Crippen LogP contribution in [0.5, 0.6) is 0 Å². The molecule has 2 N–H and O–H groups in total. The summed E-state index contributed by atoms with van der Waals surface area (Å²) in [5, 5.41) is 8.28. The maximum absolute atomic E-state index is 8.28. The molecule has 0 aliphatic carbocycles. The molecule has 0 heterocycles. The van der Waals surface area contributed by atoms with Gasteiger partial charge in [0.1, 0.15) is 0 Å². The number of hydroxylamine groups is 1. The molecule has 122 valence electrons. The lowest BCUT2D eigenvalue weighted by molar-refractivity contribution is 0.195. The van der Waals surface area contributed by atoms with Crippen LogP contribution in [-0.4, -0.2) is 12.9 Å². The topological polar surface area (TPSA) is 45.1 Å². The van der Waals surface area contributed by atoms with Crippen LogP contribution in [0.25, 0.3) is 0 Å². The first-order valence-electron chi connectivity index (χ1n) is 7.97. The summed E-state index contributed by atoms with van der Waals surface area (Å²) >= 11 is 0. The lowest BCUT2D eigenvalue weighted by Gasteiger charge is -2.20. The summed E-state index contributed by atoms with van der Waals surface area (Å²) in [6, 6.07) is 12.9. The van der Waals surface area contributed by atoms with Gasteiger partial charge in [-0.2, -0.15) is 5.48 Å². The second-order valence-corrected chi connectivity index (χ2v) is 6.27. The Kier molecular flexibility index (Phi) is 5.56. The SMILES string of the molecule is CNOC(=N)C(Cc1ccc(C)c(C)c1)c1cc(C)cc(C)c1. The van der Waals surface area contributed by atoms with Gasteiger partial charge in [0.25, 0.3) is 0 Å². The summed E-state index contributed by atoms with van der Waals surface area (Å²) in [6.45, 7) is 8.42. The monoisotopic (exact) mass is 310 g/mol. The standard InChI is InChI=1S/C20H26N2O/c1-13-8-14(2)10-18(9-13)19(20(21)23-22-5)12-17-7-6-15(3)16(4)11-17/h6-11,19,21-22H,12H2,1-5H3. The van der Waals surface area contributed by atoms with Crippen molar-refractivity contribution in [1.29, 1.82) is 5.41 Å². The van der Waals surface area contributed by atoms with E-state index in [4.69, 9.17) is 10.2 Å². The second kappa shape index (κ2) is 7.42. The van der Waals surface area contributed by atoms with Crippen LogP contribution in [0.2, 0.25) is 0 Å². The fourth-order valence-electron chi connectivity index (χ4n) is 2.92.